The van der Waals surface area contributed by atoms with Gasteiger partial charge in [0.2, 0.25) is 0 Å². The molecule has 0 spiro atoms. The molecule has 0 amide bonds. The summed E-state index contributed by atoms with van der Waals surface area (Å²) in [6.45, 7) is 18.9. The molecular formula is C36H44N2SiSn. The molecule has 40 heavy (non-hydrogen) atoms. The van der Waals surface area contributed by atoms with Crippen molar-refractivity contribution in [2.45, 2.75) is 79.1 Å². The van der Waals surface area contributed by atoms with Crippen molar-refractivity contribution in [3.05, 3.63) is 119 Å². The maximum atomic E-state index is 3.02. The summed E-state index contributed by atoms with van der Waals surface area (Å²) in [7, 11) is -2.60. The first-order chi connectivity index (χ1) is 19.2. The molecule has 0 atom stereocenters. The van der Waals surface area contributed by atoms with Crippen molar-refractivity contribution in [3.63, 3.8) is 0 Å². The van der Waals surface area contributed by atoms with E-state index in [1.54, 1.807) is 0 Å². The Morgan fingerprint density at radius 2 is 0.725 bits per heavy atom. The first-order valence-electron chi connectivity index (χ1n) is 14.9. The van der Waals surface area contributed by atoms with E-state index in [9.17, 15) is 0 Å². The Labute approximate surface area is 254 Å². The van der Waals surface area contributed by atoms with Gasteiger partial charge in [0, 0.05) is 0 Å². The van der Waals surface area contributed by atoms with E-state index in [-0.39, 0.29) is 0 Å². The van der Waals surface area contributed by atoms with Gasteiger partial charge in [-0.05, 0) is 0 Å². The molecule has 0 bridgehead atoms. The van der Waals surface area contributed by atoms with Crippen molar-refractivity contribution in [2.24, 2.45) is 0 Å². The first kappa shape index (κ1) is 29.0. The van der Waals surface area contributed by atoms with E-state index < -0.39 is 30.1 Å². The molecule has 5 rings (SSSR count). The van der Waals surface area contributed by atoms with E-state index in [1.807, 2.05) is 0 Å². The third-order valence-electron chi connectivity index (χ3n) is 8.33. The average molecular weight is 652 g/mol. The third kappa shape index (κ3) is 4.83. The van der Waals surface area contributed by atoms with Gasteiger partial charge in [0.1, 0.15) is 0 Å². The summed E-state index contributed by atoms with van der Waals surface area (Å²) in [4.78, 5) is 0. The van der Waals surface area contributed by atoms with Crippen molar-refractivity contribution < 1.29 is 0 Å². The molecule has 0 aliphatic carbocycles. The van der Waals surface area contributed by atoms with Crippen LogP contribution in [0.3, 0.4) is 0 Å². The molecule has 0 unspecified atom stereocenters. The molecule has 0 aromatic heterocycles. The summed E-state index contributed by atoms with van der Waals surface area (Å²) in [6.07, 6.45) is 0. The van der Waals surface area contributed by atoms with Gasteiger partial charge in [-0.2, -0.15) is 0 Å². The second-order valence-corrected chi connectivity index (χ2v) is 21.4. The molecule has 2 nitrogen and oxygen atoms in total. The number of anilines is 2. The van der Waals surface area contributed by atoms with Gasteiger partial charge < -0.3 is 0 Å². The Morgan fingerprint density at radius 1 is 0.425 bits per heavy atom. The van der Waals surface area contributed by atoms with E-state index in [2.05, 4.69) is 158 Å². The average Bonchev–Trinajstić information content (AvgIpc) is 2.93. The van der Waals surface area contributed by atoms with Crippen LogP contribution in [0.15, 0.2) is 97.1 Å². The maximum absolute atomic E-state index is 3.02. The first-order valence-corrected chi connectivity index (χ1v) is 19.4. The Hall–Kier alpha value is -2.50. The number of para-hydroxylation sites is 2. The number of rotatable bonds is 8. The van der Waals surface area contributed by atoms with Crippen molar-refractivity contribution in [1.29, 1.82) is 0 Å². The quantitative estimate of drug-likeness (QED) is 0.177. The molecule has 1 aliphatic rings. The minimum absolute atomic E-state index is 0.467. The van der Waals surface area contributed by atoms with Crippen LogP contribution in [0.2, 0.25) is 0 Å². The standard InChI is InChI=1S/C36H44N2Si.Sn/c1-25(2)31-21-15-22-32(26(3)4)35(31)37-39(29-17-11-9-12-18-29,30-19-13-10-14-20-30)38-36-33(27(5)6)23-16-24-34(36)28(7)8;/h9-28H,1-8H3;/q-2;+2. The van der Waals surface area contributed by atoms with Gasteiger partial charge in [0.15, 0.2) is 0 Å². The Bertz CT molecular complexity index is 1280. The molecule has 4 aromatic rings. The Kier molecular flexibility index (Phi) is 8.54. The normalized spacial score (nSPS) is 14.9. The van der Waals surface area contributed by atoms with Crippen LogP contribution in [-0.2, 0) is 0 Å². The van der Waals surface area contributed by atoms with Crippen molar-refractivity contribution in [3.8, 4) is 0 Å². The topological polar surface area (TPSA) is 6.48 Å². The molecule has 4 heteroatoms. The molecule has 1 fully saturated rings. The predicted octanol–water partition coefficient (Wildman–Crippen LogP) is 8.30. The van der Waals surface area contributed by atoms with Gasteiger partial charge in [0.25, 0.3) is 0 Å². The molecule has 0 N–H and O–H groups in total. The monoisotopic (exact) mass is 652 g/mol. The summed E-state index contributed by atoms with van der Waals surface area (Å²) in [6, 6.07) is 37.2. The number of hydrogen-bond donors (Lipinski definition) is 0. The third-order valence-corrected chi connectivity index (χ3v) is 21.7. The summed E-state index contributed by atoms with van der Waals surface area (Å²) in [5, 5.41) is 2.96. The van der Waals surface area contributed by atoms with Crippen LogP contribution in [0, 0.1) is 0 Å². The van der Waals surface area contributed by atoms with Crippen LogP contribution in [-0.4, -0.2) is 30.1 Å². The number of nitrogens with zero attached hydrogens (tertiary/aromatic N) is 2. The molecular weight excluding hydrogens is 607 g/mol. The molecule has 0 saturated carbocycles. The van der Waals surface area contributed by atoms with Gasteiger partial charge >= 0.3 is 256 Å². The van der Waals surface area contributed by atoms with Crippen LogP contribution in [0.5, 0.6) is 0 Å². The summed E-state index contributed by atoms with van der Waals surface area (Å²) in [5.74, 6) is 1.87. The Morgan fingerprint density at radius 3 is 1.00 bits per heavy atom. The Balaban J connectivity index is 1.90. The van der Waals surface area contributed by atoms with Crippen LogP contribution >= 0.6 is 0 Å². The van der Waals surface area contributed by atoms with E-state index in [4.69, 9.17) is 0 Å². The van der Waals surface area contributed by atoms with E-state index in [0.717, 1.165) is 0 Å². The fraction of sp³-hybridized carbons (Fsp3) is 0.333. The zero-order valence-electron chi connectivity index (χ0n) is 25.4. The second kappa shape index (κ2) is 11.8. The van der Waals surface area contributed by atoms with Crippen molar-refractivity contribution >= 4 is 51.8 Å². The molecule has 2 radical (unpaired) electrons. The molecule has 1 aliphatic heterocycles. The zero-order chi connectivity index (χ0) is 28.6. The van der Waals surface area contributed by atoms with Crippen molar-refractivity contribution in [2.75, 3.05) is 5.57 Å². The van der Waals surface area contributed by atoms with Gasteiger partial charge in [0.05, 0.1) is 0 Å². The van der Waals surface area contributed by atoms with E-state index in [0.29, 0.717) is 23.7 Å². The number of benzene rings is 4. The van der Waals surface area contributed by atoms with Gasteiger partial charge in [-0.1, -0.05) is 0 Å². The van der Waals surface area contributed by atoms with Crippen molar-refractivity contribution in [1.82, 2.24) is 0 Å². The molecule has 206 valence electrons. The number of hydrogen-bond acceptors (Lipinski definition) is 2. The second-order valence-electron chi connectivity index (χ2n) is 12.4. The molecule has 4 aromatic carbocycles. The van der Waals surface area contributed by atoms with Gasteiger partial charge in [-0.15, -0.1) is 0 Å². The summed E-state index contributed by atoms with van der Waals surface area (Å²) in [5.41, 5.74) is 9.05. The minimum atomic E-state index is -2.60. The predicted molar refractivity (Wildman–Crippen MR) is 178 cm³/mol. The van der Waals surface area contributed by atoms with E-state index in [1.165, 1.54) is 44.0 Å². The zero-order valence-corrected chi connectivity index (χ0v) is 29.3. The van der Waals surface area contributed by atoms with Crippen LogP contribution in [0.25, 0.3) is 0 Å². The fourth-order valence-electron chi connectivity index (χ4n) is 6.29. The van der Waals surface area contributed by atoms with Gasteiger partial charge in [-0.25, -0.2) is 0 Å². The summed E-state index contributed by atoms with van der Waals surface area (Å²) >= 11 is -1.23. The van der Waals surface area contributed by atoms with Crippen LogP contribution in [0.4, 0.5) is 11.4 Å². The van der Waals surface area contributed by atoms with Gasteiger partial charge in [-0.3, -0.25) is 0 Å². The molecule has 1 heterocycles. The fourth-order valence-corrected chi connectivity index (χ4v) is 21.6. The molecule has 1 saturated heterocycles. The SMILES string of the molecule is CC(C)c1cccc(C(C)C)c1[N]1[Sn][N](c2c(C(C)C)cccc2C(C)C)[Si]1(c1ccccc1)c1ccccc1. The van der Waals surface area contributed by atoms with Crippen LogP contribution < -0.4 is 15.9 Å². The summed E-state index contributed by atoms with van der Waals surface area (Å²) < 4.78 is 6.04. The van der Waals surface area contributed by atoms with Crippen LogP contribution in [0.1, 0.15) is 101 Å². The van der Waals surface area contributed by atoms with E-state index >= 15 is 0 Å².